The van der Waals surface area contributed by atoms with Gasteiger partial charge in [0.2, 0.25) is 5.91 Å². The van der Waals surface area contributed by atoms with Crippen molar-refractivity contribution in [2.45, 2.75) is 63.7 Å². The number of rotatable bonds is 15. The fourth-order valence-corrected chi connectivity index (χ4v) is 5.69. The number of carbonyl (C=O) groups excluding carboxylic acids is 4. The van der Waals surface area contributed by atoms with E-state index in [-0.39, 0.29) is 38.3 Å². The number of alkyl carbamates (subject to hydrolysis) is 1. The fraction of sp³-hybridized carbons (Fsp3) is 0.333. The highest BCUT2D eigenvalue weighted by Gasteiger charge is 2.31. The lowest BCUT2D eigenvalue weighted by molar-refractivity contribution is -0.157. The van der Waals surface area contributed by atoms with E-state index < -0.39 is 47.6 Å². The third-order valence-electron chi connectivity index (χ3n) is 7.87. The SMILES string of the molecule is C=CCC(CC(=O)OC(C)(C)C)C(=O)NC[C@@H](OC(=O)[C@@H](CC=C)NC(=O)OCC1c2ccccc2-c2ccccc21)c1ccccc1. The standard InChI is InChI=1S/C39H44N2O7/c1-6-15-27(23-35(42)48-39(3,4)5)36(43)40-24-34(26-17-9-8-10-18-26)47-37(44)33(16-7-2)41-38(45)46-25-32-30-21-13-11-19-28(30)29-20-12-14-22-31(29)32/h6-14,17-22,27,32-34H,1-2,15-16,23-25H2,3-5H3,(H,40,43)(H,41,45)/t27?,33-,34-/m1/s1. The van der Waals surface area contributed by atoms with Crippen LogP contribution in [-0.4, -0.2) is 48.7 Å². The molecule has 9 nitrogen and oxygen atoms in total. The van der Waals surface area contributed by atoms with Gasteiger partial charge in [0.1, 0.15) is 24.4 Å². The number of hydrogen-bond acceptors (Lipinski definition) is 7. The Labute approximate surface area is 282 Å². The second kappa shape index (κ2) is 16.6. The van der Waals surface area contributed by atoms with Crippen LogP contribution >= 0.6 is 0 Å². The van der Waals surface area contributed by atoms with E-state index in [9.17, 15) is 19.2 Å². The average molecular weight is 653 g/mol. The van der Waals surface area contributed by atoms with Crippen molar-refractivity contribution < 1.29 is 33.4 Å². The van der Waals surface area contributed by atoms with Crippen molar-refractivity contribution in [3.8, 4) is 11.1 Å². The van der Waals surface area contributed by atoms with Gasteiger partial charge in [-0.2, -0.15) is 0 Å². The number of benzene rings is 3. The lowest BCUT2D eigenvalue weighted by atomic mass is 9.98. The molecule has 4 rings (SSSR count). The predicted octanol–water partition coefficient (Wildman–Crippen LogP) is 6.79. The van der Waals surface area contributed by atoms with Gasteiger partial charge in [0.25, 0.3) is 0 Å². The van der Waals surface area contributed by atoms with Gasteiger partial charge in [-0.25, -0.2) is 9.59 Å². The van der Waals surface area contributed by atoms with E-state index in [4.69, 9.17) is 14.2 Å². The highest BCUT2D eigenvalue weighted by molar-refractivity contribution is 5.84. The molecule has 48 heavy (non-hydrogen) atoms. The van der Waals surface area contributed by atoms with Crippen molar-refractivity contribution in [1.82, 2.24) is 10.6 Å². The predicted molar refractivity (Wildman–Crippen MR) is 184 cm³/mol. The number of ether oxygens (including phenoxy) is 3. The van der Waals surface area contributed by atoms with Crippen LogP contribution in [0.4, 0.5) is 4.79 Å². The molecule has 0 aliphatic heterocycles. The lowest BCUT2D eigenvalue weighted by Crippen LogP contribution is -2.43. The van der Waals surface area contributed by atoms with E-state index in [0.717, 1.165) is 22.3 Å². The quantitative estimate of drug-likeness (QED) is 0.105. The van der Waals surface area contributed by atoms with E-state index in [2.05, 4.69) is 35.9 Å². The highest BCUT2D eigenvalue weighted by Crippen LogP contribution is 2.44. The van der Waals surface area contributed by atoms with Gasteiger partial charge >= 0.3 is 18.0 Å². The fourth-order valence-electron chi connectivity index (χ4n) is 5.69. The van der Waals surface area contributed by atoms with E-state index in [0.29, 0.717) is 5.56 Å². The molecule has 252 valence electrons. The van der Waals surface area contributed by atoms with Crippen LogP contribution in [0.15, 0.2) is 104 Å². The second-order valence-electron chi connectivity index (χ2n) is 12.6. The van der Waals surface area contributed by atoms with Crippen LogP contribution in [0.2, 0.25) is 0 Å². The zero-order valence-electron chi connectivity index (χ0n) is 27.8. The highest BCUT2D eigenvalue weighted by atomic mass is 16.6. The third-order valence-corrected chi connectivity index (χ3v) is 7.87. The summed E-state index contributed by atoms with van der Waals surface area (Å²) >= 11 is 0. The summed E-state index contributed by atoms with van der Waals surface area (Å²) in [6.45, 7) is 12.7. The maximum Gasteiger partial charge on any atom is 0.407 e. The van der Waals surface area contributed by atoms with E-state index in [1.807, 2.05) is 42.5 Å². The van der Waals surface area contributed by atoms with Crippen molar-refractivity contribution in [3.63, 3.8) is 0 Å². The maximum absolute atomic E-state index is 13.5. The zero-order chi connectivity index (χ0) is 34.7. The van der Waals surface area contributed by atoms with Crippen molar-refractivity contribution in [2.75, 3.05) is 13.2 Å². The molecule has 0 spiro atoms. The van der Waals surface area contributed by atoms with Crippen molar-refractivity contribution in [2.24, 2.45) is 5.92 Å². The Morgan fingerprint density at radius 3 is 2.00 bits per heavy atom. The van der Waals surface area contributed by atoms with E-state index in [1.54, 1.807) is 51.1 Å². The Bertz CT molecular complexity index is 1570. The lowest BCUT2D eigenvalue weighted by Gasteiger charge is -2.24. The average Bonchev–Trinajstić information content (AvgIpc) is 3.38. The summed E-state index contributed by atoms with van der Waals surface area (Å²) in [6.07, 6.45) is 1.64. The first-order valence-electron chi connectivity index (χ1n) is 16.1. The second-order valence-corrected chi connectivity index (χ2v) is 12.6. The van der Waals surface area contributed by atoms with Gasteiger partial charge in [0.15, 0.2) is 0 Å². The first-order valence-corrected chi connectivity index (χ1v) is 16.1. The molecule has 0 saturated heterocycles. The molecular formula is C39H44N2O7. The van der Waals surface area contributed by atoms with Gasteiger partial charge in [-0.15, -0.1) is 13.2 Å². The number of fused-ring (bicyclic) bond motifs is 3. The number of carbonyl (C=O) groups is 4. The van der Waals surface area contributed by atoms with Crippen molar-refractivity contribution >= 4 is 23.9 Å². The van der Waals surface area contributed by atoms with Crippen LogP contribution in [0.1, 0.15) is 68.7 Å². The van der Waals surface area contributed by atoms with Gasteiger partial charge in [0.05, 0.1) is 18.9 Å². The topological polar surface area (TPSA) is 120 Å². The van der Waals surface area contributed by atoms with Gasteiger partial charge in [0, 0.05) is 5.92 Å². The minimum absolute atomic E-state index is 0.0672. The van der Waals surface area contributed by atoms with Gasteiger partial charge < -0.3 is 24.8 Å². The molecule has 0 bridgehead atoms. The van der Waals surface area contributed by atoms with Crippen LogP contribution < -0.4 is 10.6 Å². The Morgan fingerprint density at radius 1 is 0.833 bits per heavy atom. The molecule has 2 amide bonds. The summed E-state index contributed by atoms with van der Waals surface area (Å²) in [5, 5.41) is 5.44. The van der Waals surface area contributed by atoms with Crippen LogP contribution in [0.5, 0.6) is 0 Å². The normalized spacial score (nSPS) is 13.9. The molecule has 2 N–H and O–H groups in total. The van der Waals surface area contributed by atoms with Crippen molar-refractivity contribution in [1.29, 1.82) is 0 Å². The van der Waals surface area contributed by atoms with Crippen LogP contribution in [0.3, 0.4) is 0 Å². The molecule has 0 saturated carbocycles. The molecular weight excluding hydrogens is 608 g/mol. The minimum atomic E-state index is -1.08. The number of esters is 2. The molecule has 1 unspecified atom stereocenters. The molecule has 0 radical (unpaired) electrons. The van der Waals surface area contributed by atoms with E-state index >= 15 is 0 Å². The smallest absolute Gasteiger partial charge is 0.407 e. The van der Waals surface area contributed by atoms with Gasteiger partial charge in [-0.05, 0) is 61.4 Å². The van der Waals surface area contributed by atoms with Crippen LogP contribution in [0, 0.1) is 5.92 Å². The minimum Gasteiger partial charge on any atom is -0.460 e. The number of allylic oxidation sites excluding steroid dienone is 1. The van der Waals surface area contributed by atoms with Crippen LogP contribution in [-0.2, 0) is 28.6 Å². The summed E-state index contributed by atoms with van der Waals surface area (Å²) in [4.78, 5) is 52.1. The molecule has 1 aliphatic carbocycles. The van der Waals surface area contributed by atoms with E-state index in [1.165, 1.54) is 6.08 Å². The molecule has 3 atom stereocenters. The number of amides is 2. The van der Waals surface area contributed by atoms with Gasteiger partial charge in [-0.1, -0.05) is 91.0 Å². The molecule has 0 fully saturated rings. The Balaban J connectivity index is 1.40. The number of hydrogen-bond donors (Lipinski definition) is 2. The number of nitrogens with one attached hydrogen (secondary N) is 2. The Kier molecular flexibility index (Phi) is 12.3. The summed E-state index contributed by atoms with van der Waals surface area (Å²) < 4.78 is 16.9. The molecule has 3 aromatic carbocycles. The first-order chi connectivity index (χ1) is 23.0. The maximum atomic E-state index is 13.5. The molecule has 3 aromatic rings. The summed E-state index contributed by atoms with van der Waals surface area (Å²) in [7, 11) is 0. The summed E-state index contributed by atoms with van der Waals surface area (Å²) in [5.41, 5.74) is 4.31. The molecule has 0 aromatic heterocycles. The Hall–Kier alpha value is -5.18. The zero-order valence-corrected chi connectivity index (χ0v) is 27.8. The monoisotopic (exact) mass is 652 g/mol. The molecule has 1 aliphatic rings. The third kappa shape index (κ3) is 9.67. The summed E-state index contributed by atoms with van der Waals surface area (Å²) in [6, 6.07) is 23.9. The van der Waals surface area contributed by atoms with Crippen LogP contribution in [0.25, 0.3) is 11.1 Å². The summed E-state index contributed by atoms with van der Waals surface area (Å²) in [5.74, 6) is -2.48. The molecule has 9 heteroatoms. The van der Waals surface area contributed by atoms with Crippen molar-refractivity contribution in [3.05, 3.63) is 121 Å². The first kappa shape index (κ1) is 35.7. The van der Waals surface area contributed by atoms with Gasteiger partial charge in [-0.3, -0.25) is 9.59 Å². The largest absolute Gasteiger partial charge is 0.460 e. The Morgan fingerprint density at radius 2 is 1.42 bits per heavy atom. The molecule has 0 heterocycles.